The van der Waals surface area contributed by atoms with Crippen LogP contribution in [0.2, 0.25) is 0 Å². The SMILES string of the molecule is C1=Cc2cc(-c3ccccc3-c3ccc(N(c4cccc(-c5cc6c(c7ccccc57)CCCC6)c4)c4ccccc4-c4ccccc4)cc3)c3c(c2CC1)CCC=C3. The lowest BCUT2D eigenvalue weighted by Crippen LogP contribution is -2.11. The van der Waals surface area contributed by atoms with Gasteiger partial charge in [0.15, 0.2) is 0 Å². The summed E-state index contributed by atoms with van der Waals surface area (Å²) in [4.78, 5) is 2.46. The lowest BCUT2D eigenvalue weighted by atomic mass is 9.80. The monoisotopic (exact) mass is 757 g/mol. The summed E-state index contributed by atoms with van der Waals surface area (Å²) in [5.41, 5.74) is 22.5. The number of nitrogens with zero attached hydrogens (tertiary/aromatic N) is 1. The van der Waals surface area contributed by atoms with Crippen molar-refractivity contribution in [3.8, 4) is 44.5 Å². The van der Waals surface area contributed by atoms with Gasteiger partial charge in [-0.2, -0.15) is 0 Å². The highest BCUT2D eigenvalue weighted by Gasteiger charge is 2.23. The van der Waals surface area contributed by atoms with Crippen molar-refractivity contribution >= 4 is 40.0 Å². The highest BCUT2D eigenvalue weighted by Crippen LogP contribution is 2.45. The van der Waals surface area contributed by atoms with Crippen molar-refractivity contribution in [3.63, 3.8) is 0 Å². The standard InChI is InChI=1S/C58H47N/c1-2-17-40(18-3-1)50-26-14-15-32-58(50)59(46-22-16-21-42(37-46)56-38-43-19-4-6-24-48(43)51-27-10-12-30-54(51)56)45-35-33-41(34-36-45)47-23-8-9-29-53(47)57-39-44-20-5-7-25-49(44)52-28-11-13-31-55(52)57/h1-3,5,8-10,12-18,20-23,26-27,29-39H,4,6-7,11,19,24-25,28H2. The predicted molar refractivity (Wildman–Crippen MR) is 252 cm³/mol. The van der Waals surface area contributed by atoms with Gasteiger partial charge in [-0.05, 0) is 171 Å². The number of anilines is 3. The van der Waals surface area contributed by atoms with Crippen molar-refractivity contribution in [1.82, 2.24) is 0 Å². The van der Waals surface area contributed by atoms with Crippen molar-refractivity contribution in [1.29, 1.82) is 0 Å². The lowest BCUT2D eigenvalue weighted by molar-refractivity contribution is 0.690. The molecule has 3 aliphatic carbocycles. The third-order valence-electron chi connectivity index (χ3n) is 13.0. The van der Waals surface area contributed by atoms with E-state index in [-0.39, 0.29) is 0 Å². The highest BCUT2D eigenvalue weighted by atomic mass is 15.1. The Hall–Kier alpha value is -6.70. The van der Waals surface area contributed by atoms with E-state index in [0.29, 0.717) is 0 Å². The molecule has 0 saturated heterocycles. The fraction of sp³-hybridized carbons (Fsp3) is 0.138. The molecule has 0 aliphatic heterocycles. The van der Waals surface area contributed by atoms with Crippen LogP contribution in [0.15, 0.2) is 176 Å². The molecule has 0 N–H and O–H groups in total. The topological polar surface area (TPSA) is 3.24 Å². The Labute approximate surface area is 348 Å². The summed E-state index contributed by atoms with van der Waals surface area (Å²) >= 11 is 0. The molecule has 0 bridgehead atoms. The minimum Gasteiger partial charge on any atom is -0.310 e. The molecule has 0 amide bonds. The van der Waals surface area contributed by atoms with Gasteiger partial charge in [0.25, 0.3) is 0 Å². The Bertz CT molecular complexity index is 2930. The second kappa shape index (κ2) is 15.2. The number of allylic oxidation sites excluding steroid dienone is 2. The Kier molecular flexibility index (Phi) is 9.16. The van der Waals surface area contributed by atoms with Gasteiger partial charge in [-0.15, -0.1) is 0 Å². The molecule has 0 unspecified atom stereocenters. The first kappa shape index (κ1) is 35.5. The molecular formula is C58H47N. The third-order valence-corrected chi connectivity index (χ3v) is 13.0. The molecule has 284 valence electrons. The van der Waals surface area contributed by atoms with E-state index in [4.69, 9.17) is 0 Å². The van der Waals surface area contributed by atoms with Crippen LogP contribution in [0.4, 0.5) is 17.1 Å². The van der Waals surface area contributed by atoms with E-state index >= 15 is 0 Å². The number of aryl methyl sites for hydroxylation is 2. The number of fused-ring (bicyclic) bond motifs is 6. The Morgan fingerprint density at radius 1 is 0.373 bits per heavy atom. The number of hydrogen-bond donors (Lipinski definition) is 0. The first-order valence-corrected chi connectivity index (χ1v) is 21.6. The minimum atomic E-state index is 1.12. The van der Waals surface area contributed by atoms with E-state index in [1.807, 2.05) is 0 Å². The van der Waals surface area contributed by atoms with E-state index in [0.717, 1.165) is 49.2 Å². The van der Waals surface area contributed by atoms with E-state index in [1.54, 1.807) is 16.7 Å². The quantitative estimate of drug-likeness (QED) is 0.156. The van der Waals surface area contributed by atoms with Gasteiger partial charge in [0.05, 0.1) is 5.69 Å². The first-order valence-electron chi connectivity index (χ1n) is 21.6. The molecule has 0 aromatic heterocycles. The van der Waals surface area contributed by atoms with Crippen LogP contribution in [0.3, 0.4) is 0 Å². The van der Waals surface area contributed by atoms with Crippen LogP contribution in [-0.2, 0) is 25.7 Å². The largest absolute Gasteiger partial charge is 0.310 e. The maximum Gasteiger partial charge on any atom is 0.0540 e. The Morgan fingerprint density at radius 2 is 1.05 bits per heavy atom. The number of hydrogen-bond acceptors (Lipinski definition) is 1. The normalized spacial score (nSPS) is 14.1. The van der Waals surface area contributed by atoms with Gasteiger partial charge in [-0.1, -0.05) is 152 Å². The third kappa shape index (κ3) is 6.43. The van der Waals surface area contributed by atoms with Crippen LogP contribution in [0.25, 0.3) is 67.4 Å². The number of benzene rings is 8. The average molecular weight is 758 g/mol. The van der Waals surface area contributed by atoms with Gasteiger partial charge in [0, 0.05) is 16.9 Å². The summed E-state index contributed by atoms with van der Waals surface area (Å²) in [6, 6.07) is 61.2. The van der Waals surface area contributed by atoms with Crippen molar-refractivity contribution in [2.75, 3.05) is 4.90 Å². The summed E-state index contributed by atoms with van der Waals surface area (Å²) in [6.45, 7) is 0. The second-order valence-electron chi connectivity index (χ2n) is 16.4. The molecule has 0 heterocycles. The Morgan fingerprint density at radius 3 is 1.92 bits per heavy atom. The smallest absolute Gasteiger partial charge is 0.0540 e. The zero-order chi connectivity index (χ0) is 39.1. The molecule has 0 radical (unpaired) electrons. The molecule has 1 heteroatoms. The van der Waals surface area contributed by atoms with Gasteiger partial charge < -0.3 is 4.90 Å². The minimum absolute atomic E-state index is 1.12. The van der Waals surface area contributed by atoms with E-state index in [2.05, 4.69) is 193 Å². The molecule has 3 aliphatic rings. The van der Waals surface area contributed by atoms with Gasteiger partial charge >= 0.3 is 0 Å². The fourth-order valence-electron chi connectivity index (χ4n) is 10.2. The molecule has 59 heavy (non-hydrogen) atoms. The molecule has 0 fully saturated rings. The maximum atomic E-state index is 2.50. The van der Waals surface area contributed by atoms with Gasteiger partial charge in [-0.3, -0.25) is 0 Å². The Balaban J connectivity index is 1.05. The van der Waals surface area contributed by atoms with Gasteiger partial charge in [0.1, 0.15) is 0 Å². The molecule has 1 nitrogen and oxygen atoms in total. The van der Waals surface area contributed by atoms with Crippen molar-refractivity contribution in [3.05, 3.63) is 209 Å². The predicted octanol–water partition coefficient (Wildman–Crippen LogP) is 15.8. The average Bonchev–Trinajstić information content (AvgIpc) is 3.32. The van der Waals surface area contributed by atoms with Crippen molar-refractivity contribution < 1.29 is 0 Å². The summed E-state index contributed by atoms with van der Waals surface area (Å²) < 4.78 is 0. The molecule has 0 spiro atoms. The summed E-state index contributed by atoms with van der Waals surface area (Å²) in [5.74, 6) is 0. The lowest BCUT2D eigenvalue weighted by Gasteiger charge is -2.29. The molecule has 0 atom stereocenters. The molecule has 0 saturated carbocycles. The number of para-hydroxylation sites is 1. The maximum absolute atomic E-state index is 2.50. The first-order chi connectivity index (χ1) is 29.3. The van der Waals surface area contributed by atoms with Gasteiger partial charge in [-0.25, -0.2) is 0 Å². The van der Waals surface area contributed by atoms with E-state index < -0.39 is 0 Å². The van der Waals surface area contributed by atoms with E-state index in [9.17, 15) is 0 Å². The zero-order valence-electron chi connectivity index (χ0n) is 33.5. The molecule has 11 rings (SSSR count). The summed E-state index contributed by atoms with van der Waals surface area (Å²) in [6.07, 6.45) is 18.8. The molecule has 8 aromatic rings. The second-order valence-corrected chi connectivity index (χ2v) is 16.4. The van der Waals surface area contributed by atoms with E-state index in [1.165, 1.54) is 91.2 Å². The van der Waals surface area contributed by atoms with Gasteiger partial charge in [0.2, 0.25) is 0 Å². The fourth-order valence-corrected chi connectivity index (χ4v) is 10.2. The van der Waals surface area contributed by atoms with Crippen molar-refractivity contribution in [2.45, 2.75) is 51.4 Å². The number of rotatable bonds is 7. The van der Waals surface area contributed by atoms with Crippen LogP contribution in [0, 0.1) is 0 Å². The van der Waals surface area contributed by atoms with Crippen molar-refractivity contribution in [2.24, 2.45) is 0 Å². The van der Waals surface area contributed by atoms with Crippen LogP contribution < -0.4 is 4.90 Å². The van der Waals surface area contributed by atoms with Crippen LogP contribution >= 0.6 is 0 Å². The summed E-state index contributed by atoms with van der Waals surface area (Å²) in [5, 5.41) is 2.76. The van der Waals surface area contributed by atoms with Crippen LogP contribution in [0.5, 0.6) is 0 Å². The zero-order valence-corrected chi connectivity index (χ0v) is 33.5. The van der Waals surface area contributed by atoms with Crippen LogP contribution in [0.1, 0.15) is 59.1 Å². The summed E-state index contributed by atoms with van der Waals surface area (Å²) in [7, 11) is 0. The molecule has 8 aromatic carbocycles. The highest BCUT2D eigenvalue weighted by molar-refractivity contribution is 6.01. The van der Waals surface area contributed by atoms with Crippen LogP contribution in [-0.4, -0.2) is 0 Å². The molecular weight excluding hydrogens is 711 g/mol.